The van der Waals surface area contributed by atoms with Crippen LogP contribution < -0.4 is 0 Å². The summed E-state index contributed by atoms with van der Waals surface area (Å²) < 4.78 is 3.67. The van der Waals surface area contributed by atoms with Crippen molar-refractivity contribution in [1.29, 1.82) is 0 Å². The molecule has 0 fully saturated rings. The molecule has 0 amide bonds. The van der Waals surface area contributed by atoms with Gasteiger partial charge in [-0.3, -0.25) is 0 Å². The summed E-state index contributed by atoms with van der Waals surface area (Å²) in [5, 5.41) is 3.70. The molecule has 0 aliphatic heterocycles. The molecule has 5 aromatic rings. The minimum Gasteiger partial charge on any atom is -0.340 e. The number of nitrogens with zero attached hydrogens (tertiary/aromatic N) is 2. The molecule has 2 heterocycles. The van der Waals surface area contributed by atoms with Gasteiger partial charge in [0, 0.05) is 28.4 Å². The van der Waals surface area contributed by atoms with Crippen molar-refractivity contribution in [3.8, 4) is 0 Å². The number of aryl methyl sites for hydroxylation is 1. The van der Waals surface area contributed by atoms with Crippen molar-refractivity contribution in [2.75, 3.05) is 0 Å². The topological polar surface area (TPSA) is 17.8 Å². The Bertz CT molecular complexity index is 1260. The molecular formula is C24H20N2S. The monoisotopic (exact) mass is 368 g/mol. The maximum atomic E-state index is 4.70. The summed E-state index contributed by atoms with van der Waals surface area (Å²) in [4.78, 5) is 4.70. The Morgan fingerprint density at radius 3 is 2.59 bits per heavy atom. The summed E-state index contributed by atoms with van der Waals surface area (Å²) in [6.07, 6.45) is 5.42. The van der Waals surface area contributed by atoms with Crippen LogP contribution in [0.1, 0.15) is 23.9 Å². The molecule has 0 radical (unpaired) electrons. The van der Waals surface area contributed by atoms with E-state index in [1.54, 1.807) is 11.3 Å². The summed E-state index contributed by atoms with van der Waals surface area (Å²) >= 11 is 1.73. The molecule has 0 N–H and O–H groups in total. The highest BCUT2D eigenvalue weighted by Crippen LogP contribution is 2.31. The quantitative estimate of drug-likeness (QED) is 0.334. The molecule has 0 atom stereocenters. The summed E-state index contributed by atoms with van der Waals surface area (Å²) in [5.41, 5.74) is 4.92. The van der Waals surface area contributed by atoms with Crippen LogP contribution in [-0.2, 0) is 6.54 Å². The number of hydrogen-bond donors (Lipinski definition) is 0. The van der Waals surface area contributed by atoms with Crippen LogP contribution in [0.15, 0.2) is 66.7 Å². The SMILES string of the molecule is CCCn1c2ccccc2c2cc(C=Cc3nc4ccccc4s3)ccc21. The second-order valence-electron chi connectivity index (χ2n) is 6.80. The molecule has 0 spiro atoms. The number of benzene rings is 3. The average molecular weight is 369 g/mol. The van der Waals surface area contributed by atoms with E-state index >= 15 is 0 Å². The van der Waals surface area contributed by atoms with Crippen molar-refractivity contribution >= 4 is 55.5 Å². The highest BCUT2D eigenvalue weighted by molar-refractivity contribution is 7.19. The molecule has 0 saturated carbocycles. The van der Waals surface area contributed by atoms with Crippen molar-refractivity contribution in [3.63, 3.8) is 0 Å². The Hall–Kier alpha value is -2.91. The van der Waals surface area contributed by atoms with E-state index < -0.39 is 0 Å². The maximum Gasteiger partial charge on any atom is 0.117 e. The van der Waals surface area contributed by atoms with Crippen LogP contribution in [0.25, 0.3) is 44.2 Å². The molecule has 27 heavy (non-hydrogen) atoms. The van der Waals surface area contributed by atoms with Gasteiger partial charge in [-0.1, -0.05) is 49.4 Å². The largest absolute Gasteiger partial charge is 0.340 e. The van der Waals surface area contributed by atoms with E-state index in [-0.39, 0.29) is 0 Å². The average Bonchev–Trinajstić information content (AvgIpc) is 3.26. The van der Waals surface area contributed by atoms with Crippen LogP contribution in [0.5, 0.6) is 0 Å². The minimum absolute atomic E-state index is 1.05. The fraction of sp³-hybridized carbons (Fsp3) is 0.125. The summed E-state index contributed by atoms with van der Waals surface area (Å²) in [6.45, 7) is 3.28. The smallest absolute Gasteiger partial charge is 0.117 e. The number of fused-ring (bicyclic) bond motifs is 4. The maximum absolute atomic E-state index is 4.70. The number of rotatable bonds is 4. The molecular weight excluding hydrogens is 348 g/mol. The van der Waals surface area contributed by atoms with E-state index in [0.29, 0.717) is 0 Å². The van der Waals surface area contributed by atoms with E-state index in [1.807, 2.05) is 6.07 Å². The second kappa shape index (κ2) is 6.67. The lowest BCUT2D eigenvalue weighted by Gasteiger charge is -2.05. The Kier molecular flexibility index (Phi) is 4.02. The summed E-state index contributed by atoms with van der Waals surface area (Å²) in [7, 11) is 0. The number of aromatic nitrogens is 2. The second-order valence-corrected chi connectivity index (χ2v) is 7.86. The van der Waals surface area contributed by atoms with Gasteiger partial charge in [0.2, 0.25) is 0 Å². The summed E-state index contributed by atoms with van der Waals surface area (Å²) in [5.74, 6) is 0. The molecule has 132 valence electrons. The van der Waals surface area contributed by atoms with Crippen LogP contribution in [0.4, 0.5) is 0 Å². The van der Waals surface area contributed by atoms with E-state index in [0.717, 1.165) is 23.5 Å². The molecule has 0 bridgehead atoms. The van der Waals surface area contributed by atoms with Gasteiger partial charge in [0.1, 0.15) is 5.01 Å². The van der Waals surface area contributed by atoms with Crippen molar-refractivity contribution in [2.45, 2.75) is 19.9 Å². The first-order valence-electron chi connectivity index (χ1n) is 9.38. The van der Waals surface area contributed by atoms with Crippen LogP contribution in [0, 0.1) is 0 Å². The molecule has 3 aromatic carbocycles. The van der Waals surface area contributed by atoms with Crippen LogP contribution in [0.2, 0.25) is 0 Å². The fourth-order valence-electron chi connectivity index (χ4n) is 3.77. The third-order valence-electron chi connectivity index (χ3n) is 4.97. The molecule has 2 nitrogen and oxygen atoms in total. The number of para-hydroxylation sites is 2. The van der Waals surface area contributed by atoms with Gasteiger partial charge < -0.3 is 4.57 Å². The Balaban J connectivity index is 1.59. The predicted molar refractivity (Wildman–Crippen MR) is 118 cm³/mol. The number of hydrogen-bond acceptors (Lipinski definition) is 2. The van der Waals surface area contributed by atoms with E-state index in [4.69, 9.17) is 4.98 Å². The van der Waals surface area contributed by atoms with E-state index in [9.17, 15) is 0 Å². The minimum atomic E-state index is 1.05. The zero-order chi connectivity index (χ0) is 18.2. The summed E-state index contributed by atoms with van der Waals surface area (Å²) in [6, 6.07) is 23.8. The third-order valence-corrected chi connectivity index (χ3v) is 5.97. The molecule has 0 saturated heterocycles. The van der Waals surface area contributed by atoms with E-state index in [2.05, 4.69) is 84.3 Å². The Morgan fingerprint density at radius 1 is 0.889 bits per heavy atom. The van der Waals surface area contributed by atoms with Gasteiger partial charge in [0.05, 0.1) is 10.2 Å². The molecule has 0 aliphatic rings. The molecule has 0 unspecified atom stereocenters. The van der Waals surface area contributed by atoms with Gasteiger partial charge >= 0.3 is 0 Å². The van der Waals surface area contributed by atoms with Crippen LogP contribution in [0.3, 0.4) is 0 Å². The first kappa shape index (κ1) is 16.3. The van der Waals surface area contributed by atoms with Gasteiger partial charge in [-0.05, 0) is 48.4 Å². The zero-order valence-corrected chi connectivity index (χ0v) is 16.0. The first-order valence-corrected chi connectivity index (χ1v) is 10.2. The van der Waals surface area contributed by atoms with Crippen LogP contribution in [-0.4, -0.2) is 9.55 Å². The van der Waals surface area contributed by atoms with Crippen molar-refractivity contribution in [2.24, 2.45) is 0 Å². The van der Waals surface area contributed by atoms with Crippen molar-refractivity contribution < 1.29 is 0 Å². The standard InChI is InChI=1S/C24H20N2S/c1-2-15-26-21-9-5-3-7-18(21)19-16-17(11-13-22(19)26)12-14-24-25-20-8-4-6-10-23(20)27-24/h3-14,16H,2,15H2,1H3. The highest BCUT2D eigenvalue weighted by Gasteiger charge is 2.09. The lowest BCUT2D eigenvalue weighted by atomic mass is 10.1. The predicted octanol–water partition coefficient (Wildman–Crippen LogP) is 6.98. The van der Waals surface area contributed by atoms with E-state index in [1.165, 1.54) is 32.1 Å². The van der Waals surface area contributed by atoms with Crippen molar-refractivity contribution in [3.05, 3.63) is 77.3 Å². The molecule has 3 heteroatoms. The third kappa shape index (κ3) is 2.84. The molecule has 5 rings (SSSR count). The zero-order valence-electron chi connectivity index (χ0n) is 15.2. The highest BCUT2D eigenvalue weighted by atomic mass is 32.1. The number of thiazole rings is 1. The van der Waals surface area contributed by atoms with Gasteiger partial charge in [-0.2, -0.15) is 0 Å². The lowest BCUT2D eigenvalue weighted by molar-refractivity contribution is 0.724. The fourth-order valence-corrected chi connectivity index (χ4v) is 4.64. The Labute approximate surface area is 162 Å². The Morgan fingerprint density at radius 2 is 1.70 bits per heavy atom. The molecule has 2 aromatic heterocycles. The van der Waals surface area contributed by atoms with Gasteiger partial charge in [-0.15, -0.1) is 11.3 Å². The normalized spacial score (nSPS) is 12.0. The lowest BCUT2D eigenvalue weighted by Crippen LogP contribution is -1.95. The van der Waals surface area contributed by atoms with Gasteiger partial charge in [0.25, 0.3) is 0 Å². The van der Waals surface area contributed by atoms with Gasteiger partial charge in [0.15, 0.2) is 0 Å². The van der Waals surface area contributed by atoms with Crippen LogP contribution >= 0.6 is 11.3 Å². The molecule has 0 aliphatic carbocycles. The first-order chi connectivity index (χ1) is 13.3. The van der Waals surface area contributed by atoms with Gasteiger partial charge in [-0.25, -0.2) is 4.98 Å². The van der Waals surface area contributed by atoms with Crippen molar-refractivity contribution in [1.82, 2.24) is 9.55 Å².